The fourth-order valence-corrected chi connectivity index (χ4v) is 3.65. The Kier molecular flexibility index (Phi) is 7.24. The second kappa shape index (κ2) is 9.20. The molecule has 2 amide bonds. The molecule has 26 heavy (non-hydrogen) atoms. The highest BCUT2D eigenvalue weighted by molar-refractivity contribution is 6.01. The minimum atomic E-state index is -0.246. The summed E-state index contributed by atoms with van der Waals surface area (Å²) in [6, 6.07) is 6.29. The van der Waals surface area contributed by atoms with Gasteiger partial charge in [-0.1, -0.05) is 65.7 Å². The lowest BCUT2D eigenvalue weighted by Gasteiger charge is -2.27. The summed E-state index contributed by atoms with van der Waals surface area (Å²) in [7, 11) is 0. The number of anilines is 1. The largest absolute Gasteiger partial charge is 0.356 e. The van der Waals surface area contributed by atoms with Crippen LogP contribution < -0.4 is 10.2 Å². The molecule has 0 saturated carbocycles. The summed E-state index contributed by atoms with van der Waals surface area (Å²) in [5.41, 5.74) is 3.41. The van der Waals surface area contributed by atoms with E-state index in [2.05, 4.69) is 58.1 Å². The molecule has 1 fully saturated rings. The van der Waals surface area contributed by atoms with Crippen molar-refractivity contribution in [3.63, 3.8) is 0 Å². The van der Waals surface area contributed by atoms with Crippen LogP contribution in [0.15, 0.2) is 18.2 Å². The normalized spacial score (nSPS) is 17.4. The van der Waals surface area contributed by atoms with Crippen molar-refractivity contribution in [2.75, 3.05) is 18.0 Å². The van der Waals surface area contributed by atoms with Crippen LogP contribution in [0.1, 0.15) is 83.3 Å². The molecular weight excluding hydrogens is 324 g/mol. The fourth-order valence-electron chi connectivity index (χ4n) is 3.65. The first-order chi connectivity index (χ1) is 12.4. The van der Waals surface area contributed by atoms with Crippen molar-refractivity contribution in [2.45, 2.75) is 72.1 Å². The van der Waals surface area contributed by atoms with Crippen molar-refractivity contribution in [1.82, 2.24) is 5.32 Å². The number of amides is 2. The second-order valence-electron chi connectivity index (χ2n) is 8.00. The monoisotopic (exact) mass is 358 g/mol. The molecule has 0 spiro atoms. The third-order valence-electron chi connectivity index (χ3n) is 5.19. The number of benzene rings is 1. The second-order valence-corrected chi connectivity index (χ2v) is 8.00. The van der Waals surface area contributed by atoms with Gasteiger partial charge in [0.25, 0.3) is 0 Å². The summed E-state index contributed by atoms with van der Waals surface area (Å²) in [4.78, 5) is 27.1. The topological polar surface area (TPSA) is 49.4 Å². The van der Waals surface area contributed by atoms with Gasteiger partial charge in [-0.05, 0) is 29.4 Å². The van der Waals surface area contributed by atoms with Crippen LogP contribution in [0.3, 0.4) is 0 Å². The maximum absolute atomic E-state index is 12.8. The maximum Gasteiger partial charge on any atom is 0.227 e. The van der Waals surface area contributed by atoms with Crippen LogP contribution in [-0.4, -0.2) is 24.9 Å². The summed E-state index contributed by atoms with van der Waals surface area (Å²) < 4.78 is 0. The van der Waals surface area contributed by atoms with Gasteiger partial charge in [0, 0.05) is 19.5 Å². The van der Waals surface area contributed by atoms with Crippen LogP contribution in [0.5, 0.6) is 0 Å². The van der Waals surface area contributed by atoms with Gasteiger partial charge in [0.1, 0.15) is 0 Å². The number of hydrogen-bond acceptors (Lipinski definition) is 2. The van der Waals surface area contributed by atoms with E-state index in [0.29, 0.717) is 31.3 Å². The molecule has 1 heterocycles. The van der Waals surface area contributed by atoms with Crippen molar-refractivity contribution < 1.29 is 9.59 Å². The lowest BCUT2D eigenvalue weighted by molar-refractivity contribution is -0.126. The lowest BCUT2D eigenvalue weighted by Crippen LogP contribution is -2.34. The molecule has 4 heteroatoms. The van der Waals surface area contributed by atoms with Gasteiger partial charge >= 0.3 is 0 Å². The summed E-state index contributed by atoms with van der Waals surface area (Å²) >= 11 is 0. The predicted molar refractivity (Wildman–Crippen MR) is 108 cm³/mol. The number of carbonyl (C=O) groups excluding carboxylic acids is 2. The SMILES string of the molecule is CCCCCNC(=O)C1CC(=O)N(c2c(C(C)C)cccc2C(C)C)C1. The lowest BCUT2D eigenvalue weighted by atomic mass is 9.92. The van der Waals surface area contributed by atoms with Gasteiger partial charge in [-0.15, -0.1) is 0 Å². The smallest absolute Gasteiger partial charge is 0.227 e. The molecule has 4 nitrogen and oxygen atoms in total. The van der Waals surface area contributed by atoms with Crippen molar-refractivity contribution >= 4 is 17.5 Å². The Labute approximate surface area is 158 Å². The molecule has 1 aliphatic rings. The molecule has 144 valence electrons. The molecule has 0 aliphatic carbocycles. The standard InChI is InChI=1S/C22H34N2O2/c1-6-7-8-12-23-22(26)17-13-20(25)24(14-17)21-18(15(2)3)10-9-11-19(21)16(4)5/h9-11,15-17H,6-8,12-14H2,1-5H3,(H,23,26). The van der Waals surface area contributed by atoms with Crippen molar-refractivity contribution in [3.05, 3.63) is 29.3 Å². The van der Waals surface area contributed by atoms with E-state index in [-0.39, 0.29) is 17.7 Å². The van der Waals surface area contributed by atoms with Crippen LogP contribution in [0.25, 0.3) is 0 Å². The Balaban J connectivity index is 2.20. The van der Waals surface area contributed by atoms with E-state index >= 15 is 0 Å². The zero-order valence-corrected chi connectivity index (χ0v) is 17.0. The number of nitrogens with one attached hydrogen (secondary N) is 1. The summed E-state index contributed by atoms with van der Waals surface area (Å²) in [5.74, 6) is 0.500. The number of nitrogens with zero attached hydrogens (tertiary/aromatic N) is 1. The molecule has 1 atom stereocenters. The number of unbranched alkanes of at least 4 members (excludes halogenated alkanes) is 2. The molecule has 0 bridgehead atoms. The third-order valence-corrected chi connectivity index (χ3v) is 5.19. The van der Waals surface area contributed by atoms with Gasteiger partial charge < -0.3 is 10.2 Å². The Morgan fingerprint density at radius 2 is 1.77 bits per heavy atom. The van der Waals surface area contributed by atoms with E-state index in [1.165, 1.54) is 11.1 Å². The minimum Gasteiger partial charge on any atom is -0.356 e. The van der Waals surface area contributed by atoms with Crippen LogP contribution >= 0.6 is 0 Å². The van der Waals surface area contributed by atoms with Crippen molar-refractivity contribution in [3.8, 4) is 0 Å². The molecule has 1 aromatic carbocycles. The van der Waals surface area contributed by atoms with E-state index in [4.69, 9.17) is 0 Å². The highest BCUT2D eigenvalue weighted by Gasteiger charge is 2.37. The highest BCUT2D eigenvalue weighted by Crippen LogP contribution is 2.38. The van der Waals surface area contributed by atoms with E-state index < -0.39 is 0 Å². The zero-order chi connectivity index (χ0) is 19.3. The summed E-state index contributed by atoms with van der Waals surface area (Å²) in [6.45, 7) is 12.0. The molecule has 1 aromatic rings. The fraction of sp³-hybridized carbons (Fsp3) is 0.636. The van der Waals surface area contributed by atoms with Crippen molar-refractivity contribution in [1.29, 1.82) is 0 Å². The molecule has 0 aromatic heterocycles. The van der Waals surface area contributed by atoms with E-state index in [1.807, 2.05) is 4.90 Å². The van der Waals surface area contributed by atoms with Crippen LogP contribution in [-0.2, 0) is 9.59 Å². The van der Waals surface area contributed by atoms with E-state index in [0.717, 1.165) is 24.9 Å². The maximum atomic E-state index is 12.8. The average Bonchev–Trinajstić information content (AvgIpc) is 2.99. The van der Waals surface area contributed by atoms with Crippen LogP contribution in [0.2, 0.25) is 0 Å². The van der Waals surface area contributed by atoms with Gasteiger partial charge in [-0.2, -0.15) is 0 Å². The van der Waals surface area contributed by atoms with E-state index in [1.54, 1.807) is 0 Å². The van der Waals surface area contributed by atoms with Gasteiger partial charge in [0.2, 0.25) is 11.8 Å². The quantitative estimate of drug-likeness (QED) is 0.691. The number of carbonyl (C=O) groups is 2. The van der Waals surface area contributed by atoms with Gasteiger partial charge in [-0.25, -0.2) is 0 Å². The van der Waals surface area contributed by atoms with Crippen LogP contribution in [0.4, 0.5) is 5.69 Å². The first-order valence-electron chi connectivity index (χ1n) is 10.1. The highest BCUT2D eigenvalue weighted by atomic mass is 16.2. The third kappa shape index (κ3) is 4.66. The summed E-state index contributed by atoms with van der Waals surface area (Å²) in [6.07, 6.45) is 3.56. The minimum absolute atomic E-state index is 0.0186. The molecule has 0 radical (unpaired) electrons. The molecule has 1 N–H and O–H groups in total. The first-order valence-corrected chi connectivity index (χ1v) is 10.1. The van der Waals surface area contributed by atoms with Gasteiger partial charge in [-0.3, -0.25) is 9.59 Å². The summed E-state index contributed by atoms with van der Waals surface area (Å²) in [5, 5.41) is 3.01. The average molecular weight is 359 g/mol. The Morgan fingerprint density at radius 3 is 2.31 bits per heavy atom. The van der Waals surface area contributed by atoms with Crippen LogP contribution in [0, 0.1) is 5.92 Å². The number of para-hydroxylation sites is 1. The first kappa shape index (κ1) is 20.5. The van der Waals surface area contributed by atoms with Crippen molar-refractivity contribution in [2.24, 2.45) is 5.92 Å². The Hall–Kier alpha value is -1.84. The number of rotatable bonds is 8. The molecule has 2 rings (SSSR count). The van der Waals surface area contributed by atoms with Gasteiger partial charge in [0.05, 0.1) is 11.6 Å². The molecular formula is C22H34N2O2. The van der Waals surface area contributed by atoms with E-state index in [9.17, 15) is 9.59 Å². The Bertz CT molecular complexity index is 611. The number of hydrogen-bond donors (Lipinski definition) is 1. The molecule has 1 unspecified atom stereocenters. The molecule has 1 saturated heterocycles. The molecule has 1 aliphatic heterocycles. The predicted octanol–water partition coefficient (Wildman–Crippen LogP) is 4.59. The van der Waals surface area contributed by atoms with Gasteiger partial charge in [0.15, 0.2) is 0 Å². The Morgan fingerprint density at radius 1 is 1.15 bits per heavy atom. The zero-order valence-electron chi connectivity index (χ0n) is 17.0.